The van der Waals surface area contributed by atoms with E-state index in [4.69, 9.17) is 0 Å². The number of carbonyl (C=O) groups excluding carboxylic acids is 2. The maximum Gasteiger partial charge on any atom is 0.230 e. The molecule has 0 unspecified atom stereocenters. The molecule has 1 aliphatic heterocycles. The van der Waals surface area contributed by atoms with Gasteiger partial charge in [0.15, 0.2) is 0 Å². The van der Waals surface area contributed by atoms with Crippen LogP contribution in [0.3, 0.4) is 0 Å². The Morgan fingerprint density at radius 1 is 0.875 bits per heavy atom. The second-order valence-electron chi connectivity index (χ2n) is 8.94. The predicted molar refractivity (Wildman–Crippen MR) is 133 cm³/mol. The molecule has 4 nitrogen and oxygen atoms in total. The van der Waals surface area contributed by atoms with Crippen LogP contribution in [-0.2, 0) is 9.59 Å². The van der Waals surface area contributed by atoms with Crippen LogP contribution in [0.4, 0.5) is 11.4 Å². The number of fused-ring (bicyclic) bond motifs is 1. The monoisotopic (exact) mass is 434 g/mol. The lowest BCUT2D eigenvalue weighted by Crippen LogP contribution is -2.50. The summed E-state index contributed by atoms with van der Waals surface area (Å²) in [4.78, 5) is 31.2. The summed E-state index contributed by atoms with van der Waals surface area (Å²) in [6, 6.07) is 18.1. The number of benzene rings is 2. The van der Waals surface area contributed by atoms with Gasteiger partial charge >= 0.3 is 0 Å². The smallest absolute Gasteiger partial charge is 0.230 e. The lowest BCUT2D eigenvalue weighted by Gasteiger charge is -2.45. The Morgan fingerprint density at radius 3 is 2.03 bits per heavy atom. The van der Waals surface area contributed by atoms with E-state index in [2.05, 4.69) is 40.7 Å². The van der Waals surface area contributed by atoms with Gasteiger partial charge in [0.2, 0.25) is 11.8 Å². The van der Waals surface area contributed by atoms with Crippen LogP contribution in [0.15, 0.2) is 54.6 Å². The maximum absolute atomic E-state index is 13.8. The molecule has 0 aromatic heterocycles. The first-order chi connectivity index (χ1) is 15.5. The Hall–Kier alpha value is -2.62. The molecule has 2 atom stereocenters. The number of carbonyl (C=O) groups is 2. The molecule has 0 saturated carbocycles. The standard InChI is InChI=1S/C28H38N2O2/c1-6-21(7-2)27(31)29-20(5)19-26(24-17-13-14-18-25(24)29)30(23-15-11-10-12-16-23)28(32)22(8-3)9-4/h10-18,20-22,26H,6-9,19H2,1-5H3/t20-,26+/m1/s1. The van der Waals surface area contributed by atoms with Crippen LogP contribution in [-0.4, -0.2) is 17.9 Å². The lowest BCUT2D eigenvalue weighted by atomic mass is 9.87. The molecule has 4 heteroatoms. The van der Waals surface area contributed by atoms with Crippen molar-refractivity contribution in [1.82, 2.24) is 0 Å². The first-order valence-corrected chi connectivity index (χ1v) is 12.3. The van der Waals surface area contributed by atoms with Crippen molar-refractivity contribution in [3.8, 4) is 0 Å². The van der Waals surface area contributed by atoms with Crippen molar-refractivity contribution in [1.29, 1.82) is 0 Å². The van der Waals surface area contributed by atoms with Gasteiger partial charge in [-0.1, -0.05) is 64.1 Å². The highest BCUT2D eigenvalue weighted by Crippen LogP contribution is 2.43. The van der Waals surface area contributed by atoms with Gasteiger partial charge in [-0.2, -0.15) is 0 Å². The summed E-state index contributed by atoms with van der Waals surface area (Å²) in [7, 11) is 0. The van der Waals surface area contributed by atoms with Gasteiger partial charge in [0.1, 0.15) is 0 Å². The lowest BCUT2D eigenvalue weighted by molar-refractivity contribution is -0.123. The van der Waals surface area contributed by atoms with Gasteiger partial charge in [0, 0.05) is 29.3 Å². The SMILES string of the molecule is CCC(CC)C(=O)N1c2ccccc2[C@@H](N(C(=O)C(CC)CC)c2ccccc2)C[C@H]1C. The van der Waals surface area contributed by atoms with E-state index in [0.717, 1.165) is 49.0 Å². The molecule has 2 aromatic carbocycles. The van der Waals surface area contributed by atoms with Crippen LogP contribution in [0.1, 0.15) is 78.3 Å². The Bertz CT molecular complexity index is 903. The van der Waals surface area contributed by atoms with Crippen LogP contribution >= 0.6 is 0 Å². The van der Waals surface area contributed by atoms with E-state index >= 15 is 0 Å². The van der Waals surface area contributed by atoms with Crippen molar-refractivity contribution < 1.29 is 9.59 Å². The average Bonchev–Trinajstić information content (AvgIpc) is 2.81. The number of hydrogen-bond donors (Lipinski definition) is 0. The molecule has 0 spiro atoms. The summed E-state index contributed by atoms with van der Waals surface area (Å²) in [6.07, 6.45) is 4.05. The fraction of sp³-hybridized carbons (Fsp3) is 0.500. The Labute approximate surface area is 193 Å². The zero-order chi connectivity index (χ0) is 23.3. The molecule has 1 heterocycles. The molecule has 2 amide bonds. The van der Waals surface area contributed by atoms with E-state index in [1.54, 1.807) is 0 Å². The molecular formula is C28H38N2O2. The van der Waals surface area contributed by atoms with E-state index in [-0.39, 0.29) is 35.7 Å². The predicted octanol–water partition coefficient (Wildman–Crippen LogP) is 6.76. The summed E-state index contributed by atoms with van der Waals surface area (Å²) in [5, 5.41) is 0. The van der Waals surface area contributed by atoms with Crippen molar-refractivity contribution in [2.75, 3.05) is 9.80 Å². The quantitative estimate of drug-likeness (QED) is 0.460. The van der Waals surface area contributed by atoms with Crippen LogP contribution in [0.2, 0.25) is 0 Å². The molecule has 0 N–H and O–H groups in total. The van der Waals surface area contributed by atoms with Crippen molar-refractivity contribution >= 4 is 23.2 Å². The highest BCUT2D eigenvalue weighted by atomic mass is 16.2. The van der Waals surface area contributed by atoms with Crippen molar-refractivity contribution in [2.24, 2.45) is 11.8 Å². The van der Waals surface area contributed by atoms with Gasteiger partial charge in [-0.15, -0.1) is 0 Å². The van der Waals surface area contributed by atoms with E-state index in [1.807, 2.05) is 58.3 Å². The Morgan fingerprint density at radius 2 is 1.44 bits per heavy atom. The van der Waals surface area contributed by atoms with Crippen molar-refractivity contribution in [3.63, 3.8) is 0 Å². The number of nitrogens with zero attached hydrogens (tertiary/aromatic N) is 2. The van der Waals surface area contributed by atoms with E-state index in [0.29, 0.717) is 0 Å². The molecule has 1 aliphatic rings. The van der Waals surface area contributed by atoms with Crippen LogP contribution in [0, 0.1) is 11.8 Å². The molecule has 0 fully saturated rings. The molecule has 3 rings (SSSR count). The van der Waals surface area contributed by atoms with E-state index < -0.39 is 0 Å². The van der Waals surface area contributed by atoms with Crippen molar-refractivity contribution in [2.45, 2.75) is 78.8 Å². The summed E-state index contributed by atoms with van der Waals surface area (Å²) >= 11 is 0. The van der Waals surface area contributed by atoms with E-state index in [1.165, 1.54) is 0 Å². The minimum Gasteiger partial charge on any atom is -0.309 e. The molecule has 0 bridgehead atoms. The summed E-state index contributed by atoms with van der Waals surface area (Å²) in [5.74, 6) is 0.388. The highest BCUT2D eigenvalue weighted by Gasteiger charge is 2.40. The largest absolute Gasteiger partial charge is 0.309 e. The molecule has 32 heavy (non-hydrogen) atoms. The average molecular weight is 435 g/mol. The van der Waals surface area contributed by atoms with Gasteiger partial charge in [-0.05, 0) is 62.8 Å². The first-order valence-electron chi connectivity index (χ1n) is 12.3. The molecule has 172 valence electrons. The highest BCUT2D eigenvalue weighted by molar-refractivity contribution is 5.99. The molecule has 2 aromatic rings. The number of amides is 2. The Balaban J connectivity index is 2.11. The third-order valence-electron chi connectivity index (χ3n) is 7.05. The van der Waals surface area contributed by atoms with Gasteiger partial charge in [0.05, 0.1) is 6.04 Å². The number of hydrogen-bond acceptors (Lipinski definition) is 2. The van der Waals surface area contributed by atoms with Gasteiger partial charge in [-0.3, -0.25) is 9.59 Å². The molecule has 0 aliphatic carbocycles. The molecule has 0 saturated heterocycles. The van der Waals surface area contributed by atoms with Crippen LogP contribution in [0.5, 0.6) is 0 Å². The van der Waals surface area contributed by atoms with Crippen molar-refractivity contribution in [3.05, 3.63) is 60.2 Å². The van der Waals surface area contributed by atoms with Crippen LogP contribution < -0.4 is 9.80 Å². The number of rotatable bonds is 8. The van der Waals surface area contributed by atoms with E-state index in [9.17, 15) is 9.59 Å². The minimum atomic E-state index is -0.0950. The third kappa shape index (κ3) is 4.60. The second-order valence-corrected chi connectivity index (χ2v) is 8.94. The normalized spacial score (nSPS) is 18.0. The maximum atomic E-state index is 13.8. The molecular weight excluding hydrogens is 396 g/mol. The fourth-order valence-electron chi connectivity index (χ4n) is 5.08. The molecule has 0 radical (unpaired) electrons. The number of anilines is 2. The summed E-state index contributed by atoms with van der Waals surface area (Å²) in [5.41, 5.74) is 2.94. The van der Waals surface area contributed by atoms with Gasteiger partial charge in [-0.25, -0.2) is 0 Å². The topological polar surface area (TPSA) is 40.6 Å². The Kier molecular flexibility index (Phi) is 8.11. The first kappa shape index (κ1) is 24.0. The zero-order valence-corrected chi connectivity index (χ0v) is 20.3. The van der Waals surface area contributed by atoms with Crippen LogP contribution in [0.25, 0.3) is 0 Å². The zero-order valence-electron chi connectivity index (χ0n) is 20.3. The summed E-state index contributed by atoms with van der Waals surface area (Å²) < 4.78 is 0. The van der Waals surface area contributed by atoms with Gasteiger partial charge < -0.3 is 9.80 Å². The summed E-state index contributed by atoms with van der Waals surface area (Å²) in [6.45, 7) is 10.5. The fourth-order valence-corrected chi connectivity index (χ4v) is 5.08. The number of para-hydroxylation sites is 2. The minimum absolute atomic E-state index is 0.0121. The second kappa shape index (κ2) is 10.8. The third-order valence-corrected chi connectivity index (χ3v) is 7.05. The van der Waals surface area contributed by atoms with Gasteiger partial charge in [0.25, 0.3) is 0 Å².